The van der Waals surface area contributed by atoms with Gasteiger partial charge in [-0.2, -0.15) is 0 Å². The summed E-state index contributed by atoms with van der Waals surface area (Å²) in [5, 5.41) is 0. The summed E-state index contributed by atoms with van der Waals surface area (Å²) in [6.45, 7) is 20.4. The number of benzene rings is 2. The van der Waals surface area contributed by atoms with E-state index in [1.165, 1.54) is 33.4 Å². The van der Waals surface area contributed by atoms with Crippen LogP contribution in [0.25, 0.3) is 0 Å². The molecule has 0 heteroatoms. The van der Waals surface area contributed by atoms with Gasteiger partial charge in [0.1, 0.15) is 0 Å². The first kappa shape index (κ1) is 30.9. The average Bonchev–Trinajstić information content (AvgIpc) is 2.73. The second-order valence-electron chi connectivity index (χ2n) is 7.54. The Hall–Kier alpha value is -3.32. The van der Waals surface area contributed by atoms with E-state index < -0.39 is 0 Å². The summed E-state index contributed by atoms with van der Waals surface area (Å²) >= 11 is 0. The summed E-state index contributed by atoms with van der Waals surface area (Å²) in [4.78, 5) is 0. The minimum Gasteiger partial charge on any atom is -0.115 e. The Bertz CT molecular complexity index is 1040. The molecular weight excluding hydrogens is 384 g/mol. The molecule has 0 amide bonds. The SMILES string of the molecule is C.C.C#Cc1c(C)c(C)c(C#C)c(C)c1C.CC#Cc1c(C)c(C)c(C#CC)c(C)c1C. The quantitative estimate of drug-likeness (QED) is 0.378. The van der Waals surface area contributed by atoms with Gasteiger partial charge in [-0.05, 0) is 114 Å². The van der Waals surface area contributed by atoms with Crippen molar-refractivity contribution in [1.29, 1.82) is 0 Å². The van der Waals surface area contributed by atoms with E-state index >= 15 is 0 Å². The molecule has 0 heterocycles. The van der Waals surface area contributed by atoms with Crippen LogP contribution in [-0.4, -0.2) is 0 Å². The molecule has 0 saturated carbocycles. The molecule has 2 aromatic rings. The molecule has 0 aliphatic rings. The van der Waals surface area contributed by atoms with E-state index in [1.54, 1.807) is 0 Å². The van der Waals surface area contributed by atoms with Gasteiger partial charge >= 0.3 is 0 Å². The van der Waals surface area contributed by atoms with Gasteiger partial charge in [0, 0.05) is 22.3 Å². The van der Waals surface area contributed by atoms with Crippen molar-refractivity contribution >= 4 is 0 Å². The molecule has 2 rings (SSSR count). The maximum atomic E-state index is 5.48. The number of hydrogen-bond donors (Lipinski definition) is 0. The Morgan fingerprint density at radius 1 is 0.406 bits per heavy atom. The third kappa shape index (κ3) is 5.88. The lowest BCUT2D eigenvalue weighted by Gasteiger charge is -2.14. The lowest BCUT2D eigenvalue weighted by atomic mass is 9.89. The molecule has 0 N–H and O–H groups in total. The van der Waals surface area contributed by atoms with Gasteiger partial charge in [-0.3, -0.25) is 0 Å². The van der Waals surface area contributed by atoms with E-state index in [0.717, 1.165) is 33.4 Å². The standard InChI is InChI=1S/C16H18.C14H14.2CH4/c1-7-9-15-11(3)13(5)16(10-8-2)14(6)12(15)4;1-7-13-9(3)11(5)14(8-2)12(6)10(13)4;;/h1-6H3;1-2H,3-6H3;2*1H4. The fraction of sp³-hybridized carbons (Fsp3) is 0.375. The van der Waals surface area contributed by atoms with Crippen molar-refractivity contribution in [2.24, 2.45) is 0 Å². The largest absolute Gasteiger partial charge is 0.115 e. The number of hydrogen-bond acceptors (Lipinski definition) is 0. The molecule has 0 radical (unpaired) electrons. The van der Waals surface area contributed by atoms with E-state index in [4.69, 9.17) is 12.8 Å². The summed E-state index contributed by atoms with van der Waals surface area (Å²) in [5.74, 6) is 17.8. The Kier molecular flexibility index (Phi) is 12.7. The van der Waals surface area contributed by atoms with E-state index in [2.05, 4.69) is 63.2 Å². The van der Waals surface area contributed by atoms with E-state index in [-0.39, 0.29) is 14.9 Å². The smallest absolute Gasteiger partial charge is 0.0309 e. The Balaban J connectivity index is 0. The predicted molar refractivity (Wildman–Crippen MR) is 145 cm³/mol. The van der Waals surface area contributed by atoms with Crippen LogP contribution < -0.4 is 0 Å². The molecule has 0 bridgehead atoms. The summed E-state index contributed by atoms with van der Waals surface area (Å²) in [5.41, 5.74) is 13.9. The van der Waals surface area contributed by atoms with Gasteiger partial charge in [0.05, 0.1) is 0 Å². The Morgan fingerprint density at radius 2 is 0.594 bits per heavy atom. The summed E-state index contributed by atoms with van der Waals surface area (Å²) in [6, 6.07) is 0. The Labute approximate surface area is 199 Å². The molecule has 0 aliphatic heterocycles. The highest BCUT2D eigenvalue weighted by Gasteiger charge is 2.12. The van der Waals surface area contributed by atoms with E-state index in [9.17, 15) is 0 Å². The van der Waals surface area contributed by atoms with Crippen molar-refractivity contribution in [3.63, 3.8) is 0 Å². The second kappa shape index (κ2) is 13.2. The molecule has 0 nitrogen and oxygen atoms in total. The summed E-state index contributed by atoms with van der Waals surface area (Å²) in [6.07, 6.45) is 11.0. The molecule has 0 atom stereocenters. The van der Waals surface area contributed by atoms with Gasteiger partial charge in [0.25, 0.3) is 0 Å². The van der Waals surface area contributed by atoms with Crippen molar-refractivity contribution in [3.8, 4) is 48.4 Å². The molecule has 32 heavy (non-hydrogen) atoms. The van der Waals surface area contributed by atoms with Crippen LogP contribution in [0.1, 0.15) is 95.5 Å². The minimum atomic E-state index is 0. The fourth-order valence-electron chi connectivity index (χ4n) is 3.68. The second-order valence-corrected chi connectivity index (χ2v) is 7.54. The van der Waals surface area contributed by atoms with Crippen LogP contribution >= 0.6 is 0 Å². The van der Waals surface area contributed by atoms with Crippen LogP contribution in [0.5, 0.6) is 0 Å². The van der Waals surface area contributed by atoms with Gasteiger partial charge in [0.15, 0.2) is 0 Å². The van der Waals surface area contributed by atoms with Gasteiger partial charge in [-0.1, -0.05) is 38.5 Å². The maximum Gasteiger partial charge on any atom is 0.0309 e. The number of terminal acetylenes is 2. The first-order valence-corrected chi connectivity index (χ1v) is 10.1. The number of rotatable bonds is 0. The van der Waals surface area contributed by atoms with Crippen molar-refractivity contribution in [2.75, 3.05) is 0 Å². The van der Waals surface area contributed by atoms with Crippen molar-refractivity contribution in [2.45, 2.75) is 84.1 Å². The lowest BCUT2D eigenvalue weighted by molar-refractivity contribution is 1.20. The first-order chi connectivity index (χ1) is 14.1. The predicted octanol–water partition coefficient (Wildman–Crippen LogP) is 7.82. The molecule has 0 aliphatic carbocycles. The van der Waals surface area contributed by atoms with Crippen molar-refractivity contribution < 1.29 is 0 Å². The van der Waals surface area contributed by atoms with Gasteiger partial charge in [-0.15, -0.1) is 24.7 Å². The summed E-state index contributed by atoms with van der Waals surface area (Å²) in [7, 11) is 0. The molecule has 0 fully saturated rings. The highest BCUT2D eigenvalue weighted by molar-refractivity contribution is 5.61. The van der Waals surface area contributed by atoms with Gasteiger partial charge in [-0.25, -0.2) is 0 Å². The van der Waals surface area contributed by atoms with E-state index in [0.29, 0.717) is 0 Å². The average molecular weight is 425 g/mol. The molecular formula is C32H40. The van der Waals surface area contributed by atoms with Crippen LogP contribution in [0.3, 0.4) is 0 Å². The zero-order chi connectivity index (χ0) is 23.2. The maximum absolute atomic E-state index is 5.48. The summed E-state index contributed by atoms with van der Waals surface area (Å²) < 4.78 is 0. The van der Waals surface area contributed by atoms with Crippen LogP contribution in [-0.2, 0) is 0 Å². The normalized spacial score (nSPS) is 8.50. The molecule has 0 aromatic heterocycles. The van der Waals surface area contributed by atoms with Gasteiger partial charge in [0.2, 0.25) is 0 Å². The highest BCUT2D eigenvalue weighted by atomic mass is 14.2. The highest BCUT2D eigenvalue weighted by Crippen LogP contribution is 2.26. The van der Waals surface area contributed by atoms with Crippen LogP contribution in [0.4, 0.5) is 0 Å². The first-order valence-electron chi connectivity index (χ1n) is 10.1. The fourth-order valence-corrected chi connectivity index (χ4v) is 3.68. The monoisotopic (exact) mass is 424 g/mol. The lowest BCUT2D eigenvalue weighted by Crippen LogP contribution is -2.00. The molecule has 0 saturated heterocycles. The molecule has 2 aromatic carbocycles. The Morgan fingerprint density at radius 3 is 0.750 bits per heavy atom. The van der Waals surface area contributed by atoms with Gasteiger partial charge < -0.3 is 0 Å². The van der Waals surface area contributed by atoms with Crippen molar-refractivity contribution in [1.82, 2.24) is 0 Å². The van der Waals surface area contributed by atoms with Crippen LogP contribution in [0, 0.1) is 104 Å². The zero-order valence-electron chi connectivity index (χ0n) is 20.2. The van der Waals surface area contributed by atoms with E-state index in [1.807, 2.05) is 41.5 Å². The van der Waals surface area contributed by atoms with Crippen LogP contribution in [0.2, 0.25) is 0 Å². The zero-order valence-corrected chi connectivity index (χ0v) is 20.2. The molecule has 0 spiro atoms. The third-order valence-electron chi connectivity index (χ3n) is 6.04. The van der Waals surface area contributed by atoms with Crippen molar-refractivity contribution in [3.05, 3.63) is 66.8 Å². The third-order valence-corrected chi connectivity index (χ3v) is 6.04. The topological polar surface area (TPSA) is 0 Å². The molecule has 168 valence electrons. The van der Waals surface area contributed by atoms with Crippen LogP contribution in [0.15, 0.2) is 0 Å². The minimum absolute atomic E-state index is 0. The molecule has 0 unspecified atom stereocenters.